The molecule has 0 aromatic heterocycles. The lowest BCUT2D eigenvalue weighted by atomic mass is 10.1. The lowest BCUT2D eigenvalue weighted by molar-refractivity contribution is -0.133. The number of benzene rings is 2. The number of carbonyl (C=O) groups is 1. The third-order valence-electron chi connectivity index (χ3n) is 4.80. The minimum atomic E-state index is 0.182. The van der Waals surface area contributed by atoms with E-state index in [-0.39, 0.29) is 11.9 Å². The Kier molecular flexibility index (Phi) is 8.18. The standard InChI is InChI=1S/C23H33N3O/c1-5-25(6-2)22-14-12-21(13-15-22)24-17-16-23(27)26(19(3)4)18-20-10-8-7-9-11-20/h7-15,19,24H,5-6,16-18H2,1-4H3. The maximum Gasteiger partial charge on any atom is 0.224 e. The molecule has 27 heavy (non-hydrogen) atoms. The van der Waals surface area contributed by atoms with Gasteiger partial charge in [-0.05, 0) is 57.5 Å². The van der Waals surface area contributed by atoms with Gasteiger partial charge < -0.3 is 15.1 Å². The minimum Gasteiger partial charge on any atom is -0.385 e. The summed E-state index contributed by atoms with van der Waals surface area (Å²) in [5.74, 6) is 0.182. The summed E-state index contributed by atoms with van der Waals surface area (Å²) in [4.78, 5) is 16.9. The van der Waals surface area contributed by atoms with Gasteiger partial charge in [0.2, 0.25) is 5.91 Å². The SMILES string of the molecule is CCN(CC)c1ccc(NCCC(=O)N(Cc2ccccc2)C(C)C)cc1. The first-order valence-electron chi connectivity index (χ1n) is 9.97. The molecule has 0 saturated heterocycles. The van der Waals surface area contributed by atoms with Crippen molar-refractivity contribution in [3.8, 4) is 0 Å². The predicted octanol–water partition coefficient (Wildman–Crippen LogP) is 4.77. The highest BCUT2D eigenvalue weighted by Crippen LogP contribution is 2.18. The molecular weight excluding hydrogens is 334 g/mol. The number of rotatable bonds is 10. The van der Waals surface area contributed by atoms with Gasteiger partial charge in [0.15, 0.2) is 0 Å². The average molecular weight is 368 g/mol. The molecule has 0 saturated carbocycles. The van der Waals surface area contributed by atoms with Crippen molar-refractivity contribution in [3.63, 3.8) is 0 Å². The van der Waals surface area contributed by atoms with Gasteiger partial charge >= 0.3 is 0 Å². The number of nitrogens with zero attached hydrogens (tertiary/aromatic N) is 2. The van der Waals surface area contributed by atoms with E-state index in [2.05, 4.69) is 74.3 Å². The Hall–Kier alpha value is -2.49. The Morgan fingerprint density at radius 1 is 0.963 bits per heavy atom. The summed E-state index contributed by atoms with van der Waals surface area (Å²) in [5, 5.41) is 3.37. The van der Waals surface area contributed by atoms with Crippen molar-refractivity contribution in [2.24, 2.45) is 0 Å². The molecule has 2 aromatic rings. The van der Waals surface area contributed by atoms with Crippen molar-refractivity contribution in [1.82, 2.24) is 4.90 Å². The first-order valence-corrected chi connectivity index (χ1v) is 9.97. The average Bonchev–Trinajstić information content (AvgIpc) is 2.68. The van der Waals surface area contributed by atoms with Gasteiger partial charge in [0, 0.05) is 50.0 Å². The Labute approximate surface area is 164 Å². The van der Waals surface area contributed by atoms with E-state index >= 15 is 0 Å². The summed E-state index contributed by atoms with van der Waals surface area (Å²) in [7, 11) is 0. The lowest BCUT2D eigenvalue weighted by Crippen LogP contribution is -2.37. The molecule has 146 valence electrons. The van der Waals surface area contributed by atoms with Crippen molar-refractivity contribution >= 4 is 17.3 Å². The summed E-state index contributed by atoms with van der Waals surface area (Å²) in [6.07, 6.45) is 0.489. The zero-order valence-corrected chi connectivity index (χ0v) is 17.1. The Morgan fingerprint density at radius 2 is 1.59 bits per heavy atom. The molecule has 4 heteroatoms. The lowest BCUT2D eigenvalue weighted by Gasteiger charge is -2.27. The van der Waals surface area contributed by atoms with Gasteiger partial charge in [0.05, 0.1) is 0 Å². The quantitative estimate of drug-likeness (QED) is 0.657. The fourth-order valence-corrected chi connectivity index (χ4v) is 3.18. The monoisotopic (exact) mass is 367 g/mol. The number of anilines is 2. The molecule has 4 nitrogen and oxygen atoms in total. The molecule has 0 aliphatic heterocycles. The Bertz CT molecular complexity index is 679. The van der Waals surface area contributed by atoms with E-state index in [1.54, 1.807) is 0 Å². The maximum absolute atomic E-state index is 12.7. The van der Waals surface area contributed by atoms with Crippen molar-refractivity contribution in [2.75, 3.05) is 29.9 Å². The number of nitrogens with one attached hydrogen (secondary N) is 1. The molecule has 0 fully saturated rings. The van der Waals surface area contributed by atoms with Gasteiger partial charge in [-0.1, -0.05) is 30.3 Å². The van der Waals surface area contributed by atoms with Crippen LogP contribution in [0.5, 0.6) is 0 Å². The summed E-state index contributed by atoms with van der Waals surface area (Å²) in [5.41, 5.74) is 3.45. The van der Waals surface area contributed by atoms with Gasteiger partial charge in [0.1, 0.15) is 0 Å². The highest BCUT2D eigenvalue weighted by molar-refractivity contribution is 5.77. The Balaban J connectivity index is 1.86. The molecule has 1 N–H and O–H groups in total. The van der Waals surface area contributed by atoms with E-state index in [0.717, 1.165) is 18.8 Å². The number of hydrogen-bond donors (Lipinski definition) is 1. The highest BCUT2D eigenvalue weighted by atomic mass is 16.2. The fourth-order valence-electron chi connectivity index (χ4n) is 3.18. The van der Waals surface area contributed by atoms with E-state index in [1.165, 1.54) is 11.3 Å². The fraction of sp³-hybridized carbons (Fsp3) is 0.435. The van der Waals surface area contributed by atoms with Crippen LogP contribution in [0, 0.1) is 0 Å². The van der Waals surface area contributed by atoms with Crippen molar-refractivity contribution < 1.29 is 4.79 Å². The molecule has 0 heterocycles. The van der Waals surface area contributed by atoms with Crippen LogP contribution in [0.25, 0.3) is 0 Å². The second-order valence-corrected chi connectivity index (χ2v) is 7.00. The molecule has 1 amide bonds. The molecule has 0 bridgehead atoms. The van der Waals surface area contributed by atoms with Gasteiger partial charge in [-0.3, -0.25) is 4.79 Å². The van der Waals surface area contributed by atoms with Crippen molar-refractivity contribution in [3.05, 3.63) is 60.2 Å². The van der Waals surface area contributed by atoms with Crippen LogP contribution in [0.4, 0.5) is 11.4 Å². The number of hydrogen-bond acceptors (Lipinski definition) is 3. The molecule has 0 radical (unpaired) electrons. The first-order chi connectivity index (χ1) is 13.0. The minimum absolute atomic E-state index is 0.182. The molecule has 0 atom stereocenters. The van der Waals surface area contributed by atoms with Crippen LogP contribution < -0.4 is 10.2 Å². The zero-order chi connectivity index (χ0) is 19.6. The summed E-state index contributed by atoms with van der Waals surface area (Å²) in [6, 6.07) is 18.8. The third-order valence-corrected chi connectivity index (χ3v) is 4.80. The van der Waals surface area contributed by atoms with Crippen LogP contribution >= 0.6 is 0 Å². The second-order valence-electron chi connectivity index (χ2n) is 7.00. The van der Waals surface area contributed by atoms with Crippen LogP contribution in [0.15, 0.2) is 54.6 Å². The summed E-state index contributed by atoms with van der Waals surface area (Å²) in [6.45, 7) is 11.8. The molecule has 2 aromatic carbocycles. The summed E-state index contributed by atoms with van der Waals surface area (Å²) < 4.78 is 0. The first kappa shape index (κ1) is 20.8. The van der Waals surface area contributed by atoms with Crippen LogP contribution in [0.3, 0.4) is 0 Å². The summed E-state index contributed by atoms with van der Waals surface area (Å²) >= 11 is 0. The van der Waals surface area contributed by atoms with Crippen LogP contribution in [0.2, 0.25) is 0 Å². The molecular formula is C23H33N3O. The molecule has 0 aliphatic rings. The normalized spacial score (nSPS) is 10.7. The van der Waals surface area contributed by atoms with E-state index in [0.29, 0.717) is 19.5 Å². The number of carbonyl (C=O) groups excluding carboxylic acids is 1. The van der Waals surface area contributed by atoms with Crippen LogP contribution in [0.1, 0.15) is 39.7 Å². The third kappa shape index (κ3) is 6.31. The van der Waals surface area contributed by atoms with Crippen LogP contribution in [-0.2, 0) is 11.3 Å². The van der Waals surface area contributed by atoms with Crippen LogP contribution in [-0.4, -0.2) is 36.5 Å². The van der Waals surface area contributed by atoms with Gasteiger partial charge in [-0.15, -0.1) is 0 Å². The molecule has 0 spiro atoms. The van der Waals surface area contributed by atoms with Crippen molar-refractivity contribution in [1.29, 1.82) is 0 Å². The second kappa shape index (κ2) is 10.6. The van der Waals surface area contributed by atoms with Gasteiger partial charge in [-0.2, -0.15) is 0 Å². The highest BCUT2D eigenvalue weighted by Gasteiger charge is 2.16. The topological polar surface area (TPSA) is 35.6 Å². The van der Waals surface area contributed by atoms with E-state index < -0.39 is 0 Å². The smallest absolute Gasteiger partial charge is 0.224 e. The van der Waals surface area contributed by atoms with E-state index in [4.69, 9.17) is 0 Å². The molecule has 0 unspecified atom stereocenters. The zero-order valence-electron chi connectivity index (χ0n) is 17.1. The largest absolute Gasteiger partial charge is 0.385 e. The Morgan fingerprint density at radius 3 is 2.15 bits per heavy atom. The van der Waals surface area contributed by atoms with E-state index in [9.17, 15) is 4.79 Å². The van der Waals surface area contributed by atoms with Gasteiger partial charge in [0.25, 0.3) is 0 Å². The van der Waals surface area contributed by atoms with E-state index in [1.807, 2.05) is 23.1 Å². The number of amides is 1. The van der Waals surface area contributed by atoms with Gasteiger partial charge in [-0.25, -0.2) is 0 Å². The molecule has 2 rings (SSSR count). The molecule has 0 aliphatic carbocycles. The van der Waals surface area contributed by atoms with Crippen molar-refractivity contribution in [2.45, 2.75) is 46.7 Å². The predicted molar refractivity (Wildman–Crippen MR) is 115 cm³/mol. The maximum atomic E-state index is 12.7.